The molecule has 2 aromatic carbocycles. The summed E-state index contributed by atoms with van der Waals surface area (Å²) in [6.45, 7) is 3.81. The highest BCUT2D eigenvalue weighted by atomic mass is 16.5. The molecule has 0 atom stereocenters. The Morgan fingerprint density at radius 1 is 1.10 bits per heavy atom. The van der Waals surface area contributed by atoms with Gasteiger partial charge in [0.25, 0.3) is 5.91 Å². The van der Waals surface area contributed by atoms with Gasteiger partial charge in [0.15, 0.2) is 0 Å². The van der Waals surface area contributed by atoms with Crippen molar-refractivity contribution < 1.29 is 19.1 Å². The molecule has 1 saturated heterocycles. The Kier molecular flexibility index (Phi) is 5.97. The largest absolute Gasteiger partial charge is 0.497 e. The van der Waals surface area contributed by atoms with E-state index in [1.165, 1.54) is 0 Å². The number of benzene rings is 2. The van der Waals surface area contributed by atoms with Crippen LogP contribution in [-0.4, -0.2) is 36.4 Å². The van der Waals surface area contributed by atoms with Crippen LogP contribution in [0.25, 0.3) is 6.08 Å². The van der Waals surface area contributed by atoms with Crippen LogP contribution in [0.3, 0.4) is 0 Å². The summed E-state index contributed by atoms with van der Waals surface area (Å²) in [4.78, 5) is 37.8. The van der Waals surface area contributed by atoms with Gasteiger partial charge in [-0.05, 0) is 47.4 Å². The lowest BCUT2D eigenvalue weighted by molar-refractivity contribution is -0.127. The van der Waals surface area contributed by atoms with Crippen LogP contribution in [0.2, 0.25) is 0 Å². The van der Waals surface area contributed by atoms with Gasteiger partial charge in [-0.2, -0.15) is 0 Å². The minimum absolute atomic E-state index is 0.120. The summed E-state index contributed by atoms with van der Waals surface area (Å²) in [6.07, 6.45) is 1.56. The van der Waals surface area contributed by atoms with Gasteiger partial charge in [0.1, 0.15) is 18.0 Å². The Morgan fingerprint density at radius 2 is 1.76 bits per heavy atom. The Hall–Kier alpha value is -3.61. The second-order valence-electron chi connectivity index (χ2n) is 6.98. The molecule has 4 amide bonds. The number of imide groups is 1. The van der Waals surface area contributed by atoms with Crippen molar-refractivity contribution in [3.63, 3.8) is 0 Å². The van der Waals surface area contributed by atoms with Gasteiger partial charge in [-0.25, -0.2) is 9.69 Å². The van der Waals surface area contributed by atoms with E-state index in [0.29, 0.717) is 17.4 Å². The zero-order chi connectivity index (χ0) is 21.0. The average molecular weight is 393 g/mol. The zero-order valence-corrected chi connectivity index (χ0v) is 16.6. The minimum Gasteiger partial charge on any atom is -0.497 e. The number of urea groups is 1. The SMILES string of the molecule is COc1ccc(/C=C2/NC(=O)N(CC(=O)Nc3ccc(C(C)C)cc3)C2=O)cc1. The summed E-state index contributed by atoms with van der Waals surface area (Å²) in [5.74, 6) is 0.0860. The van der Waals surface area contributed by atoms with E-state index >= 15 is 0 Å². The van der Waals surface area contributed by atoms with Crippen molar-refractivity contribution in [2.45, 2.75) is 19.8 Å². The third-order valence-corrected chi connectivity index (χ3v) is 4.55. The summed E-state index contributed by atoms with van der Waals surface area (Å²) < 4.78 is 5.09. The molecular weight excluding hydrogens is 370 g/mol. The molecule has 2 N–H and O–H groups in total. The van der Waals surface area contributed by atoms with Gasteiger partial charge in [-0.15, -0.1) is 0 Å². The minimum atomic E-state index is -0.625. The molecule has 150 valence electrons. The molecular formula is C22H23N3O4. The van der Waals surface area contributed by atoms with Gasteiger partial charge in [0.2, 0.25) is 5.91 Å². The van der Waals surface area contributed by atoms with Gasteiger partial charge in [-0.1, -0.05) is 38.1 Å². The van der Waals surface area contributed by atoms with Crippen LogP contribution < -0.4 is 15.4 Å². The van der Waals surface area contributed by atoms with Crippen LogP contribution in [0, 0.1) is 0 Å². The van der Waals surface area contributed by atoms with Crippen molar-refractivity contribution in [3.8, 4) is 5.75 Å². The highest BCUT2D eigenvalue weighted by Crippen LogP contribution is 2.19. The fourth-order valence-electron chi connectivity index (χ4n) is 2.88. The topological polar surface area (TPSA) is 87.7 Å². The first kappa shape index (κ1) is 20.1. The molecule has 0 aromatic heterocycles. The maximum absolute atomic E-state index is 12.5. The fourth-order valence-corrected chi connectivity index (χ4v) is 2.88. The Balaban J connectivity index is 1.64. The lowest BCUT2D eigenvalue weighted by atomic mass is 10.0. The first-order valence-corrected chi connectivity index (χ1v) is 9.26. The first-order chi connectivity index (χ1) is 13.9. The monoisotopic (exact) mass is 393 g/mol. The predicted molar refractivity (Wildman–Crippen MR) is 110 cm³/mol. The maximum Gasteiger partial charge on any atom is 0.329 e. The molecule has 29 heavy (non-hydrogen) atoms. The van der Waals surface area contributed by atoms with Crippen LogP contribution in [-0.2, 0) is 9.59 Å². The van der Waals surface area contributed by atoms with E-state index in [1.54, 1.807) is 49.6 Å². The van der Waals surface area contributed by atoms with Gasteiger partial charge in [0, 0.05) is 5.69 Å². The Morgan fingerprint density at radius 3 is 2.34 bits per heavy atom. The number of nitrogens with zero attached hydrogens (tertiary/aromatic N) is 1. The van der Waals surface area contributed by atoms with Gasteiger partial charge >= 0.3 is 6.03 Å². The molecule has 1 fully saturated rings. The average Bonchev–Trinajstić information content (AvgIpc) is 2.96. The number of anilines is 1. The second kappa shape index (κ2) is 8.60. The molecule has 2 aromatic rings. The standard InChI is InChI=1S/C22H23N3O4/c1-14(2)16-6-8-17(9-7-16)23-20(26)13-25-21(27)19(24-22(25)28)12-15-4-10-18(29-3)11-5-15/h4-12,14H,13H2,1-3H3,(H,23,26)(H,24,28)/b19-12+. The molecule has 7 nitrogen and oxygen atoms in total. The van der Waals surface area contributed by atoms with E-state index in [2.05, 4.69) is 24.5 Å². The summed E-state index contributed by atoms with van der Waals surface area (Å²) >= 11 is 0. The molecule has 0 radical (unpaired) electrons. The number of ether oxygens (including phenoxy) is 1. The summed E-state index contributed by atoms with van der Waals surface area (Å²) in [6, 6.07) is 13.9. The molecule has 0 saturated carbocycles. The Labute approximate surface area is 169 Å². The first-order valence-electron chi connectivity index (χ1n) is 9.26. The number of carbonyl (C=O) groups is 3. The van der Waals surface area contributed by atoms with Crippen molar-refractivity contribution in [1.29, 1.82) is 0 Å². The molecule has 0 spiro atoms. The zero-order valence-electron chi connectivity index (χ0n) is 16.6. The van der Waals surface area contributed by atoms with Crippen molar-refractivity contribution in [2.75, 3.05) is 19.0 Å². The normalized spacial score (nSPS) is 15.0. The van der Waals surface area contributed by atoms with E-state index in [9.17, 15) is 14.4 Å². The molecule has 1 aliphatic heterocycles. The molecule has 1 heterocycles. The highest BCUT2D eigenvalue weighted by molar-refractivity contribution is 6.15. The smallest absolute Gasteiger partial charge is 0.329 e. The van der Waals surface area contributed by atoms with Gasteiger partial charge in [0.05, 0.1) is 7.11 Å². The maximum atomic E-state index is 12.5. The summed E-state index contributed by atoms with van der Waals surface area (Å²) in [5.41, 5.74) is 2.62. The lowest BCUT2D eigenvalue weighted by Crippen LogP contribution is -2.38. The quantitative estimate of drug-likeness (QED) is 0.582. The third-order valence-electron chi connectivity index (χ3n) is 4.55. The van der Waals surface area contributed by atoms with Gasteiger partial charge in [-0.3, -0.25) is 9.59 Å². The van der Waals surface area contributed by atoms with Crippen molar-refractivity contribution >= 4 is 29.6 Å². The van der Waals surface area contributed by atoms with Crippen LogP contribution >= 0.6 is 0 Å². The van der Waals surface area contributed by atoms with E-state index in [0.717, 1.165) is 16.0 Å². The lowest BCUT2D eigenvalue weighted by Gasteiger charge is -2.12. The number of methoxy groups -OCH3 is 1. The van der Waals surface area contributed by atoms with Crippen LogP contribution in [0.15, 0.2) is 54.2 Å². The van der Waals surface area contributed by atoms with E-state index in [-0.39, 0.29) is 12.2 Å². The van der Waals surface area contributed by atoms with E-state index in [1.807, 2.05) is 12.1 Å². The number of hydrogen-bond acceptors (Lipinski definition) is 4. The van der Waals surface area contributed by atoms with Crippen molar-refractivity contribution in [3.05, 3.63) is 65.4 Å². The molecule has 0 bridgehead atoms. The number of nitrogens with one attached hydrogen (secondary N) is 2. The van der Waals surface area contributed by atoms with Crippen LogP contribution in [0.5, 0.6) is 5.75 Å². The highest BCUT2D eigenvalue weighted by Gasteiger charge is 2.34. The number of carbonyl (C=O) groups excluding carboxylic acids is 3. The molecule has 0 aliphatic carbocycles. The van der Waals surface area contributed by atoms with Gasteiger partial charge < -0.3 is 15.4 Å². The molecule has 1 aliphatic rings. The van der Waals surface area contributed by atoms with Crippen molar-refractivity contribution in [1.82, 2.24) is 10.2 Å². The third kappa shape index (κ3) is 4.82. The molecule has 0 unspecified atom stereocenters. The molecule has 3 rings (SSSR count). The van der Waals surface area contributed by atoms with Crippen molar-refractivity contribution in [2.24, 2.45) is 0 Å². The number of hydrogen-bond donors (Lipinski definition) is 2. The second-order valence-corrected chi connectivity index (χ2v) is 6.98. The van der Waals surface area contributed by atoms with Crippen LogP contribution in [0.4, 0.5) is 10.5 Å². The summed E-state index contributed by atoms with van der Waals surface area (Å²) in [5, 5.41) is 5.21. The fraction of sp³-hybridized carbons (Fsp3) is 0.227. The molecule has 7 heteroatoms. The predicted octanol–water partition coefficient (Wildman–Crippen LogP) is 3.35. The van der Waals surface area contributed by atoms with Crippen LogP contribution in [0.1, 0.15) is 30.9 Å². The summed E-state index contributed by atoms with van der Waals surface area (Å²) in [7, 11) is 1.57. The number of amides is 4. The Bertz CT molecular complexity index is 947. The van der Waals surface area contributed by atoms with E-state index < -0.39 is 17.8 Å². The number of rotatable bonds is 6. The van der Waals surface area contributed by atoms with E-state index in [4.69, 9.17) is 4.74 Å².